The second-order valence-electron chi connectivity index (χ2n) is 7.82. The van der Waals surface area contributed by atoms with E-state index >= 15 is 0 Å². The zero-order valence-electron chi connectivity index (χ0n) is 16.7. The van der Waals surface area contributed by atoms with E-state index in [2.05, 4.69) is 15.0 Å². The van der Waals surface area contributed by atoms with Gasteiger partial charge in [-0.05, 0) is 37.4 Å². The molecule has 3 aromatic rings. The SMILES string of the molecule is CN(CC1CCN(CC(O)c2ccccc2)CC1)C(=O)c1cnn2ccncc12. The lowest BCUT2D eigenvalue weighted by molar-refractivity contribution is 0.0683. The molecule has 4 rings (SSSR count). The van der Waals surface area contributed by atoms with Gasteiger partial charge in [0.05, 0.1) is 29.6 Å². The smallest absolute Gasteiger partial charge is 0.257 e. The largest absolute Gasteiger partial charge is 0.387 e. The fourth-order valence-corrected chi connectivity index (χ4v) is 4.05. The Hall–Kier alpha value is -2.77. The summed E-state index contributed by atoms with van der Waals surface area (Å²) >= 11 is 0. The van der Waals surface area contributed by atoms with E-state index in [4.69, 9.17) is 0 Å². The van der Waals surface area contributed by atoms with Crippen LogP contribution in [0.3, 0.4) is 0 Å². The number of likely N-dealkylation sites (tertiary alicyclic amines) is 1. The number of fused-ring (bicyclic) bond motifs is 1. The first kappa shape index (κ1) is 19.5. The number of rotatable bonds is 6. The lowest BCUT2D eigenvalue weighted by Gasteiger charge is -2.34. The van der Waals surface area contributed by atoms with Gasteiger partial charge in [0.1, 0.15) is 0 Å². The Morgan fingerprint density at radius 2 is 2.00 bits per heavy atom. The van der Waals surface area contributed by atoms with Gasteiger partial charge in [-0.15, -0.1) is 0 Å². The van der Waals surface area contributed by atoms with Crippen LogP contribution in [0.2, 0.25) is 0 Å². The molecule has 1 aliphatic heterocycles. The molecule has 1 unspecified atom stereocenters. The average Bonchev–Trinajstić information content (AvgIpc) is 3.19. The zero-order valence-corrected chi connectivity index (χ0v) is 16.7. The van der Waals surface area contributed by atoms with E-state index in [-0.39, 0.29) is 5.91 Å². The molecule has 1 saturated heterocycles. The zero-order chi connectivity index (χ0) is 20.2. The molecule has 1 fully saturated rings. The van der Waals surface area contributed by atoms with E-state index in [0.29, 0.717) is 18.0 Å². The quantitative estimate of drug-likeness (QED) is 0.695. The summed E-state index contributed by atoms with van der Waals surface area (Å²) in [5.74, 6) is 0.448. The normalized spacial score (nSPS) is 16.8. The summed E-state index contributed by atoms with van der Waals surface area (Å²) < 4.78 is 1.67. The highest BCUT2D eigenvalue weighted by Crippen LogP contribution is 2.22. The minimum atomic E-state index is -0.457. The van der Waals surface area contributed by atoms with Crippen molar-refractivity contribution in [1.29, 1.82) is 0 Å². The van der Waals surface area contributed by atoms with Gasteiger partial charge in [0.25, 0.3) is 5.91 Å². The van der Waals surface area contributed by atoms with Gasteiger partial charge in [0, 0.05) is 32.5 Å². The van der Waals surface area contributed by atoms with Crippen LogP contribution in [0.4, 0.5) is 0 Å². The Bertz CT molecular complexity index is 950. The standard InChI is InChI=1S/C22H27N5O2/c1-25(22(29)19-13-24-27-12-9-23-14-20(19)27)15-17-7-10-26(11-8-17)16-21(28)18-5-3-2-4-6-18/h2-6,9,12-14,17,21,28H,7-8,10-11,15-16H2,1H3. The molecule has 7 nitrogen and oxygen atoms in total. The number of carbonyl (C=O) groups is 1. The summed E-state index contributed by atoms with van der Waals surface area (Å²) in [5.41, 5.74) is 2.28. The second-order valence-corrected chi connectivity index (χ2v) is 7.82. The fraction of sp³-hybridized carbons (Fsp3) is 0.409. The molecule has 0 bridgehead atoms. The highest BCUT2D eigenvalue weighted by Gasteiger charge is 2.25. The van der Waals surface area contributed by atoms with E-state index in [1.54, 1.807) is 34.2 Å². The molecule has 1 atom stereocenters. The van der Waals surface area contributed by atoms with Gasteiger partial charge < -0.3 is 14.9 Å². The Morgan fingerprint density at radius 3 is 2.76 bits per heavy atom. The van der Waals surface area contributed by atoms with Gasteiger partial charge in [-0.25, -0.2) is 4.52 Å². The van der Waals surface area contributed by atoms with Crippen LogP contribution in [0.1, 0.15) is 34.9 Å². The summed E-state index contributed by atoms with van der Waals surface area (Å²) in [6.45, 7) is 3.26. The number of aromatic nitrogens is 3. The molecule has 1 aliphatic rings. The van der Waals surface area contributed by atoms with E-state index in [1.807, 2.05) is 37.4 Å². The first-order chi connectivity index (χ1) is 14.1. The first-order valence-corrected chi connectivity index (χ1v) is 10.1. The maximum Gasteiger partial charge on any atom is 0.257 e. The van der Waals surface area contributed by atoms with E-state index in [0.717, 1.165) is 43.6 Å². The third-order valence-electron chi connectivity index (χ3n) is 5.76. The van der Waals surface area contributed by atoms with E-state index in [9.17, 15) is 9.90 Å². The number of piperidine rings is 1. The number of aliphatic hydroxyl groups is 1. The van der Waals surface area contributed by atoms with Crippen LogP contribution in [0, 0.1) is 5.92 Å². The van der Waals surface area contributed by atoms with Gasteiger partial charge in [0.2, 0.25) is 0 Å². The van der Waals surface area contributed by atoms with Crippen molar-refractivity contribution in [1.82, 2.24) is 24.4 Å². The van der Waals surface area contributed by atoms with Crippen molar-refractivity contribution in [2.45, 2.75) is 18.9 Å². The topological polar surface area (TPSA) is 74.0 Å². The van der Waals surface area contributed by atoms with Crippen LogP contribution in [0.15, 0.2) is 55.1 Å². The highest BCUT2D eigenvalue weighted by atomic mass is 16.3. The maximum atomic E-state index is 12.9. The molecule has 2 aromatic heterocycles. The molecule has 1 amide bonds. The molecule has 152 valence electrons. The molecule has 0 aliphatic carbocycles. The van der Waals surface area contributed by atoms with Gasteiger partial charge in [-0.3, -0.25) is 9.78 Å². The molecule has 3 heterocycles. The predicted octanol–water partition coefficient (Wildman–Crippen LogP) is 2.25. The van der Waals surface area contributed by atoms with Crippen LogP contribution >= 0.6 is 0 Å². The molecule has 1 N–H and O–H groups in total. The van der Waals surface area contributed by atoms with Crippen molar-refractivity contribution in [2.75, 3.05) is 33.2 Å². The van der Waals surface area contributed by atoms with Crippen molar-refractivity contribution < 1.29 is 9.90 Å². The number of nitrogens with zero attached hydrogens (tertiary/aromatic N) is 5. The Morgan fingerprint density at radius 1 is 1.24 bits per heavy atom. The number of aliphatic hydroxyl groups excluding tert-OH is 1. The Kier molecular flexibility index (Phi) is 5.87. The molecule has 0 spiro atoms. The van der Waals surface area contributed by atoms with E-state index < -0.39 is 6.10 Å². The highest BCUT2D eigenvalue weighted by molar-refractivity contribution is 6.00. The first-order valence-electron chi connectivity index (χ1n) is 10.1. The average molecular weight is 393 g/mol. The van der Waals surface area contributed by atoms with Crippen LogP contribution < -0.4 is 0 Å². The Labute approximate surface area is 170 Å². The van der Waals surface area contributed by atoms with Gasteiger partial charge in [-0.1, -0.05) is 30.3 Å². The third kappa shape index (κ3) is 4.46. The van der Waals surface area contributed by atoms with Crippen molar-refractivity contribution >= 4 is 11.4 Å². The minimum absolute atomic E-state index is 0.0186. The number of β-amino-alcohol motifs (C(OH)–C–C–N with tert-alkyl or cyclic N) is 1. The molecule has 29 heavy (non-hydrogen) atoms. The number of hydrogen-bond acceptors (Lipinski definition) is 5. The van der Waals surface area contributed by atoms with Gasteiger partial charge in [0.15, 0.2) is 0 Å². The monoisotopic (exact) mass is 393 g/mol. The summed E-state index contributed by atoms with van der Waals surface area (Å²) in [4.78, 5) is 21.1. The fourth-order valence-electron chi connectivity index (χ4n) is 4.05. The molecule has 0 saturated carbocycles. The summed E-state index contributed by atoms with van der Waals surface area (Å²) in [7, 11) is 1.85. The lowest BCUT2D eigenvalue weighted by atomic mass is 9.95. The molecule has 0 radical (unpaired) electrons. The number of carbonyl (C=O) groups excluding carboxylic acids is 1. The van der Waals surface area contributed by atoms with Crippen molar-refractivity contribution in [3.63, 3.8) is 0 Å². The third-order valence-corrected chi connectivity index (χ3v) is 5.76. The minimum Gasteiger partial charge on any atom is -0.387 e. The maximum absolute atomic E-state index is 12.9. The van der Waals surface area contributed by atoms with E-state index in [1.165, 1.54) is 0 Å². The predicted molar refractivity (Wildman–Crippen MR) is 111 cm³/mol. The van der Waals surface area contributed by atoms with Crippen molar-refractivity contribution in [3.05, 3.63) is 66.2 Å². The number of hydrogen-bond donors (Lipinski definition) is 1. The van der Waals surface area contributed by atoms with Gasteiger partial charge >= 0.3 is 0 Å². The molecule has 1 aromatic carbocycles. The number of amides is 1. The molecular weight excluding hydrogens is 366 g/mol. The second kappa shape index (κ2) is 8.71. The lowest BCUT2D eigenvalue weighted by Crippen LogP contribution is -2.40. The van der Waals surface area contributed by atoms with Crippen LogP contribution in [-0.2, 0) is 0 Å². The number of benzene rings is 1. The molecular formula is C22H27N5O2. The van der Waals surface area contributed by atoms with Gasteiger partial charge in [-0.2, -0.15) is 5.10 Å². The molecule has 7 heteroatoms. The summed E-state index contributed by atoms with van der Waals surface area (Å²) in [5, 5.41) is 14.7. The van der Waals surface area contributed by atoms with Crippen molar-refractivity contribution in [2.24, 2.45) is 5.92 Å². The summed E-state index contributed by atoms with van der Waals surface area (Å²) in [6, 6.07) is 9.81. The van der Waals surface area contributed by atoms with Crippen molar-refractivity contribution in [3.8, 4) is 0 Å². The van der Waals surface area contributed by atoms with Crippen LogP contribution in [0.5, 0.6) is 0 Å². The van der Waals surface area contributed by atoms with Crippen LogP contribution in [0.25, 0.3) is 5.52 Å². The summed E-state index contributed by atoms with van der Waals surface area (Å²) in [6.07, 6.45) is 8.27. The van der Waals surface area contributed by atoms with Crippen LogP contribution in [-0.4, -0.2) is 68.6 Å². The Balaban J connectivity index is 1.28.